The van der Waals surface area contributed by atoms with Crippen molar-refractivity contribution < 1.29 is 23.8 Å². The van der Waals surface area contributed by atoms with E-state index in [9.17, 15) is 9.59 Å². The molecule has 0 aromatic heterocycles. The zero-order valence-electron chi connectivity index (χ0n) is 15.7. The molecule has 0 spiro atoms. The number of anilines is 1. The molecule has 27 heavy (non-hydrogen) atoms. The van der Waals surface area contributed by atoms with Crippen LogP contribution in [0.2, 0.25) is 0 Å². The molecule has 6 nitrogen and oxygen atoms in total. The number of amides is 1. The predicted octanol–water partition coefficient (Wildman–Crippen LogP) is 3.75. The molecule has 0 aliphatic heterocycles. The molecule has 0 aliphatic carbocycles. The number of nitrogens with one attached hydrogen (secondary N) is 1. The Balaban J connectivity index is 1.92. The highest BCUT2D eigenvalue weighted by molar-refractivity contribution is 8.00. The normalized spacial score (nSPS) is 12.6. The summed E-state index contributed by atoms with van der Waals surface area (Å²) in [4.78, 5) is 25.5. The molecular formula is C20H23NO5S. The van der Waals surface area contributed by atoms with Crippen LogP contribution in [-0.2, 0) is 14.3 Å². The number of hydrogen-bond donors (Lipinski definition) is 1. The second-order valence-corrected chi connectivity index (χ2v) is 7.13. The van der Waals surface area contributed by atoms with Gasteiger partial charge in [-0.1, -0.05) is 18.2 Å². The first-order chi connectivity index (χ1) is 12.9. The third-order valence-electron chi connectivity index (χ3n) is 3.70. The molecule has 0 bridgehead atoms. The topological polar surface area (TPSA) is 73.9 Å². The number of hydrogen-bond acceptors (Lipinski definition) is 6. The molecule has 2 aromatic rings. The number of rotatable bonds is 8. The van der Waals surface area contributed by atoms with Gasteiger partial charge in [0.25, 0.3) is 5.91 Å². The summed E-state index contributed by atoms with van der Waals surface area (Å²) in [6.07, 6.45) is -0.926. The molecule has 2 aromatic carbocycles. The molecule has 2 atom stereocenters. The number of ether oxygens (including phenoxy) is 3. The largest absolute Gasteiger partial charge is 0.493 e. The Hall–Kier alpha value is -2.67. The van der Waals surface area contributed by atoms with Crippen molar-refractivity contribution in [3.8, 4) is 11.5 Å². The minimum absolute atomic E-state index is 0.424. The minimum Gasteiger partial charge on any atom is -0.493 e. The Morgan fingerprint density at radius 3 is 2.26 bits per heavy atom. The van der Waals surface area contributed by atoms with Gasteiger partial charge in [0.1, 0.15) is 5.25 Å². The van der Waals surface area contributed by atoms with Crippen LogP contribution >= 0.6 is 11.8 Å². The smallest absolute Gasteiger partial charge is 0.319 e. The zero-order chi connectivity index (χ0) is 19.8. The van der Waals surface area contributed by atoms with E-state index in [0.717, 1.165) is 4.90 Å². The molecule has 0 unspecified atom stereocenters. The Morgan fingerprint density at radius 2 is 1.63 bits per heavy atom. The van der Waals surface area contributed by atoms with Gasteiger partial charge in [-0.3, -0.25) is 9.59 Å². The van der Waals surface area contributed by atoms with E-state index in [4.69, 9.17) is 14.2 Å². The molecule has 144 valence electrons. The predicted molar refractivity (Wildman–Crippen MR) is 105 cm³/mol. The summed E-state index contributed by atoms with van der Waals surface area (Å²) >= 11 is 1.38. The second kappa shape index (κ2) is 9.87. The van der Waals surface area contributed by atoms with Crippen LogP contribution in [0.4, 0.5) is 5.69 Å². The first kappa shape index (κ1) is 20.6. The number of esters is 1. The molecule has 7 heteroatoms. The highest BCUT2D eigenvalue weighted by atomic mass is 32.2. The maximum Gasteiger partial charge on any atom is 0.319 e. The van der Waals surface area contributed by atoms with Crippen LogP contribution in [0, 0.1) is 0 Å². The highest BCUT2D eigenvalue weighted by Crippen LogP contribution is 2.30. The van der Waals surface area contributed by atoms with Crippen molar-refractivity contribution in [2.45, 2.75) is 30.1 Å². The summed E-state index contributed by atoms with van der Waals surface area (Å²) in [5, 5.41) is 2.28. The average Bonchev–Trinajstić information content (AvgIpc) is 2.68. The van der Waals surface area contributed by atoms with Gasteiger partial charge in [-0.05, 0) is 38.1 Å². The molecule has 0 radical (unpaired) electrons. The van der Waals surface area contributed by atoms with Crippen molar-refractivity contribution in [3.05, 3.63) is 48.5 Å². The molecule has 0 aliphatic rings. The van der Waals surface area contributed by atoms with Gasteiger partial charge in [-0.2, -0.15) is 0 Å². The number of methoxy groups -OCH3 is 2. The lowest BCUT2D eigenvalue weighted by molar-refractivity contribution is -0.152. The van der Waals surface area contributed by atoms with Gasteiger partial charge in [0.15, 0.2) is 17.6 Å². The Kier molecular flexibility index (Phi) is 7.55. The maximum absolute atomic E-state index is 12.3. The fourth-order valence-electron chi connectivity index (χ4n) is 2.23. The van der Waals surface area contributed by atoms with Crippen LogP contribution in [0.25, 0.3) is 0 Å². The van der Waals surface area contributed by atoms with Crippen molar-refractivity contribution >= 4 is 29.3 Å². The summed E-state index contributed by atoms with van der Waals surface area (Å²) in [5.74, 6) is 0.181. The maximum atomic E-state index is 12.3. The first-order valence-corrected chi connectivity index (χ1v) is 9.27. The lowest BCUT2D eigenvalue weighted by Crippen LogP contribution is -2.32. The van der Waals surface area contributed by atoms with Crippen molar-refractivity contribution in [1.82, 2.24) is 0 Å². The van der Waals surface area contributed by atoms with Gasteiger partial charge in [0, 0.05) is 16.6 Å². The monoisotopic (exact) mass is 389 g/mol. The lowest BCUT2D eigenvalue weighted by atomic mass is 10.2. The fourth-order valence-corrected chi connectivity index (χ4v) is 3.11. The van der Waals surface area contributed by atoms with E-state index in [1.54, 1.807) is 25.1 Å². The van der Waals surface area contributed by atoms with Crippen LogP contribution in [0.5, 0.6) is 11.5 Å². The Morgan fingerprint density at radius 1 is 0.963 bits per heavy atom. The molecule has 0 heterocycles. The van der Waals surface area contributed by atoms with E-state index < -0.39 is 23.2 Å². The Bertz CT molecular complexity index is 781. The van der Waals surface area contributed by atoms with E-state index in [-0.39, 0.29) is 0 Å². The summed E-state index contributed by atoms with van der Waals surface area (Å²) in [5.41, 5.74) is 0.521. The van der Waals surface area contributed by atoms with Gasteiger partial charge in [0.2, 0.25) is 0 Å². The van der Waals surface area contributed by atoms with E-state index in [1.807, 2.05) is 30.3 Å². The van der Waals surface area contributed by atoms with E-state index >= 15 is 0 Å². The summed E-state index contributed by atoms with van der Waals surface area (Å²) in [7, 11) is 3.05. The van der Waals surface area contributed by atoms with E-state index in [2.05, 4.69) is 5.32 Å². The quantitative estimate of drug-likeness (QED) is 0.547. The molecule has 2 rings (SSSR count). The van der Waals surface area contributed by atoms with Gasteiger partial charge in [-0.25, -0.2) is 0 Å². The van der Waals surface area contributed by atoms with Crippen LogP contribution in [0.3, 0.4) is 0 Å². The number of carbonyl (C=O) groups is 2. The van der Waals surface area contributed by atoms with Crippen LogP contribution in [-0.4, -0.2) is 37.4 Å². The number of carbonyl (C=O) groups excluding carboxylic acids is 2. The van der Waals surface area contributed by atoms with Crippen LogP contribution in [0.1, 0.15) is 13.8 Å². The van der Waals surface area contributed by atoms with Crippen molar-refractivity contribution in [2.24, 2.45) is 0 Å². The van der Waals surface area contributed by atoms with Crippen molar-refractivity contribution in [3.63, 3.8) is 0 Å². The van der Waals surface area contributed by atoms with Gasteiger partial charge in [-0.15, -0.1) is 11.8 Å². The van der Waals surface area contributed by atoms with E-state index in [1.165, 1.54) is 32.9 Å². The molecule has 0 saturated heterocycles. The molecule has 1 amide bonds. The zero-order valence-corrected chi connectivity index (χ0v) is 16.5. The van der Waals surface area contributed by atoms with Crippen molar-refractivity contribution in [1.29, 1.82) is 0 Å². The summed E-state index contributed by atoms with van der Waals surface area (Å²) in [6, 6.07) is 14.6. The lowest BCUT2D eigenvalue weighted by Gasteiger charge is -2.17. The highest BCUT2D eigenvalue weighted by Gasteiger charge is 2.23. The summed E-state index contributed by atoms with van der Waals surface area (Å²) in [6.45, 7) is 3.28. The molecule has 0 saturated carbocycles. The van der Waals surface area contributed by atoms with Gasteiger partial charge >= 0.3 is 5.97 Å². The van der Waals surface area contributed by atoms with Crippen LogP contribution < -0.4 is 14.8 Å². The number of thioether (sulfide) groups is 1. The average molecular weight is 389 g/mol. The fraction of sp³-hybridized carbons (Fsp3) is 0.300. The third kappa shape index (κ3) is 5.92. The van der Waals surface area contributed by atoms with Gasteiger partial charge in [0.05, 0.1) is 14.2 Å². The van der Waals surface area contributed by atoms with Gasteiger partial charge < -0.3 is 19.5 Å². The Labute approximate surface area is 163 Å². The van der Waals surface area contributed by atoms with Crippen molar-refractivity contribution in [2.75, 3.05) is 19.5 Å². The summed E-state index contributed by atoms with van der Waals surface area (Å²) < 4.78 is 15.7. The SMILES string of the molecule is COc1ccc(NC(=O)[C@@H](C)OC(=O)[C@@H](C)Sc2ccccc2)cc1OC. The first-order valence-electron chi connectivity index (χ1n) is 8.39. The molecule has 0 fully saturated rings. The molecular weight excluding hydrogens is 366 g/mol. The standard InChI is InChI=1S/C20H23NO5S/c1-13(26-20(23)14(2)27-16-8-6-5-7-9-16)19(22)21-15-10-11-17(24-3)18(12-15)25-4/h5-14H,1-4H3,(H,21,22)/t13-,14-/m1/s1. The second-order valence-electron chi connectivity index (χ2n) is 5.71. The minimum atomic E-state index is -0.926. The van der Waals surface area contributed by atoms with E-state index in [0.29, 0.717) is 17.2 Å². The number of benzene rings is 2. The van der Waals surface area contributed by atoms with Crippen LogP contribution in [0.15, 0.2) is 53.4 Å². The molecule has 1 N–H and O–H groups in total. The third-order valence-corrected chi connectivity index (χ3v) is 4.79.